The van der Waals surface area contributed by atoms with E-state index in [1.54, 1.807) is 30.3 Å². The number of thioether (sulfide) groups is 1. The van der Waals surface area contributed by atoms with Gasteiger partial charge in [-0.1, -0.05) is 11.8 Å². The van der Waals surface area contributed by atoms with E-state index in [1.807, 2.05) is 0 Å². The van der Waals surface area contributed by atoms with E-state index in [0.717, 1.165) is 16.8 Å². The highest BCUT2D eigenvalue weighted by molar-refractivity contribution is 8.26. The van der Waals surface area contributed by atoms with E-state index in [9.17, 15) is 9.59 Å². The zero-order valence-corrected chi connectivity index (χ0v) is 17.4. The summed E-state index contributed by atoms with van der Waals surface area (Å²) in [6.45, 7) is 0. The van der Waals surface area contributed by atoms with Crippen LogP contribution >= 0.6 is 24.0 Å². The molecule has 0 atom stereocenters. The third-order valence-electron chi connectivity index (χ3n) is 3.93. The minimum atomic E-state index is -0.460. The van der Waals surface area contributed by atoms with Crippen molar-refractivity contribution < 1.29 is 23.8 Å². The van der Waals surface area contributed by atoms with Gasteiger partial charge in [-0.2, -0.15) is 5.01 Å². The average Bonchev–Trinajstić information content (AvgIpc) is 3.00. The molecule has 0 spiro atoms. The van der Waals surface area contributed by atoms with Crippen molar-refractivity contribution in [1.82, 2.24) is 15.4 Å². The van der Waals surface area contributed by atoms with E-state index in [4.69, 9.17) is 26.4 Å². The number of rotatable bonds is 6. The van der Waals surface area contributed by atoms with Gasteiger partial charge in [-0.25, -0.2) is 0 Å². The third kappa shape index (κ3) is 4.33. The number of methoxy groups -OCH3 is 3. The smallest absolute Gasteiger partial charge is 0.285 e. The Labute approximate surface area is 176 Å². The minimum absolute atomic E-state index is 0.219. The topological polar surface area (TPSA) is 90.0 Å². The first-order valence-corrected chi connectivity index (χ1v) is 9.50. The highest BCUT2D eigenvalue weighted by Gasteiger charge is 2.34. The van der Waals surface area contributed by atoms with Gasteiger partial charge in [0.15, 0.2) is 15.8 Å². The molecule has 10 heteroatoms. The van der Waals surface area contributed by atoms with Crippen molar-refractivity contribution in [2.45, 2.75) is 0 Å². The number of nitrogens with zero attached hydrogens (tertiary/aromatic N) is 2. The molecule has 1 aliphatic rings. The standard InChI is InChI=1S/C19H17N3O5S2/c1-25-13-8-11(9-14(26-2)16(13)27-3)10-15-18(24)22(19(28)29-15)21-17(23)12-4-6-20-7-5-12/h4-10H,1-3H3,(H,21,23)/b15-10-. The lowest BCUT2D eigenvalue weighted by molar-refractivity contribution is -0.123. The Bertz CT molecular complexity index is 970. The molecule has 0 aliphatic carbocycles. The summed E-state index contributed by atoms with van der Waals surface area (Å²) in [5.41, 5.74) is 3.54. The second-order valence-corrected chi connectivity index (χ2v) is 7.33. The largest absolute Gasteiger partial charge is 0.493 e. The van der Waals surface area contributed by atoms with Gasteiger partial charge in [0, 0.05) is 18.0 Å². The fourth-order valence-electron chi connectivity index (χ4n) is 2.57. The van der Waals surface area contributed by atoms with Crippen LogP contribution in [0.4, 0.5) is 0 Å². The van der Waals surface area contributed by atoms with Crippen molar-refractivity contribution in [3.63, 3.8) is 0 Å². The van der Waals surface area contributed by atoms with Gasteiger partial charge in [0.1, 0.15) is 0 Å². The van der Waals surface area contributed by atoms with Gasteiger partial charge in [-0.15, -0.1) is 0 Å². The zero-order valence-electron chi connectivity index (χ0n) is 15.8. The monoisotopic (exact) mass is 431 g/mol. The molecule has 2 aromatic rings. The van der Waals surface area contributed by atoms with Crippen molar-refractivity contribution in [3.8, 4) is 17.2 Å². The number of amides is 2. The van der Waals surface area contributed by atoms with E-state index in [0.29, 0.717) is 33.3 Å². The number of pyridine rings is 1. The van der Waals surface area contributed by atoms with Crippen LogP contribution in [-0.4, -0.2) is 47.5 Å². The van der Waals surface area contributed by atoms with Gasteiger partial charge in [0.25, 0.3) is 11.8 Å². The zero-order chi connectivity index (χ0) is 21.0. The molecule has 3 rings (SSSR count). The van der Waals surface area contributed by atoms with E-state index >= 15 is 0 Å². The van der Waals surface area contributed by atoms with Crippen molar-refractivity contribution in [1.29, 1.82) is 0 Å². The van der Waals surface area contributed by atoms with Crippen LogP contribution in [0.25, 0.3) is 6.08 Å². The maximum atomic E-state index is 12.8. The predicted molar refractivity (Wildman–Crippen MR) is 113 cm³/mol. The second-order valence-electron chi connectivity index (χ2n) is 5.65. The van der Waals surface area contributed by atoms with E-state index in [-0.39, 0.29) is 4.32 Å². The summed E-state index contributed by atoms with van der Waals surface area (Å²) in [5, 5.41) is 1.05. The molecule has 1 aliphatic heterocycles. The van der Waals surface area contributed by atoms with Crippen molar-refractivity contribution in [2.24, 2.45) is 0 Å². The van der Waals surface area contributed by atoms with Crippen molar-refractivity contribution >= 4 is 46.2 Å². The van der Waals surface area contributed by atoms with Crippen LogP contribution in [0.1, 0.15) is 15.9 Å². The molecule has 0 radical (unpaired) electrons. The second kappa shape index (κ2) is 8.93. The molecule has 1 N–H and O–H groups in total. The van der Waals surface area contributed by atoms with Crippen LogP contribution in [0.5, 0.6) is 17.2 Å². The Morgan fingerprint density at radius 1 is 1.14 bits per heavy atom. The highest BCUT2D eigenvalue weighted by atomic mass is 32.2. The minimum Gasteiger partial charge on any atom is -0.493 e. The van der Waals surface area contributed by atoms with Crippen LogP contribution in [0, 0.1) is 0 Å². The molecular formula is C19H17N3O5S2. The summed E-state index contributed by atoms with van der Waals surface area (Å²) < 4.78 is 16.2. The summed E-state index contributed by atoms with van der Waals surface area (Å²) in [7, 11) is 4.53. The quantitative estimate of drug-likeness (QED) is 0.552. The van der Waals surface area contributed by atoms with E-state index < -0.39 is 11.8 Å². The van der Waals surface area contributed by atoms with E-state index in [2.05, 4.69) is 10.4 Å². The number of benzene rings is 1. The number of ether oxygens (including phenoxy) is 3. The van der Waals surface area contributed by atoms with E-state index in [1.165, 1.54) is 33.7 Å². The first-order chi connectivity index (χ1) is 14.0. The molecular weight excluding hydrogens is 414 g/mol. The average molecular weight is 431 g/mol. The molecule has 8 nitrogen and oxygen atoms in total. The fraction of sp³-hybridized carbons (Fsp3) is 0.158. The number of carbonyl (C=O) groups excluding carboxylic acids is 2. The van der Waals surface area contributed by atoms with Gasteiger partial charge >= 0.3 is 0 Å². The molecule has 1 aromatic heterocycles. The number of hydrogen-bond donors (Lipinski definition) is 1. The Morgan fingerprint density at radius 3 is 2.31 bits per heavy atom. The lowest BCUT2D eigenvalue weighted by atomic mass is 10.1. The molecule has 0 unspecified atom stereocenters. The van der Waals surface area contributed by atoms with Crippen molar-refractivity contribution in [3.05, 3.63) is 52.7 Å². The lowest BCUT2D eigenvalue weighted by Crippen LogP contribution is -2.44. The predicted octanol–water partition coefficient (Wildman–Crippen LogP) is 2.65. The number of thiocarbonyl (C=S) groups is 1. The molecule has 0 saturated carbocycles. The number of hydrogen-bond acceptors (Lipinski definition) is 8. The Morgan fingerprint density at radius 2 is 1.76 bits per heavy atom. The number of hydrazine groups is 1. The first-order valence-electron chi connectivity index (χ1n) is 8.27. The van der Waals surface area contributed by atoms with Crippen LogP contribution in [0.2, 0.25) is 0 Å². The molecule has 2 amide bonds. The molecule has 1 fully saturated rings. The summed E-state index contributed by atoms with van der Waals surface area (Å²) in [5.74, 6) is 0.470. The molecule has 1 aromatic carbocycles. The van der Waals surface area contributed by atoms with Crippen molar-refractivity contribution in [2.75, 3.05) is 21.3 Å². The third-order valence-corrected chi connectivity index (χ3v) is 5.24. The molecule has 29 heavy (non-hydrogen) atoms. The van der Waals surface area contributed by atoms with Gasteiger partial charge < -0.3 is 14.2 Å². The first kappa shape index (κ1) is 20.6. The summed E-state index contributed by atoms with van der Waals surface area (Å²) in [6, 6.07) is 6.50. The van der Waals surface area contributed by atoms with Crippen LogP contribution in [-0.2, 0) is 4.79 Å². The summed E-state index contributed by atoms with van der Waals surface area (Å²) in [6.07, 6.45) is 4.62. The SMILES string of the molecule is COc1cc(/C=C2\SC(=S)N(NC(=O)c3ccncc3)C2=O)cc(OC)c1OC. The van der Waals surface area contributed by atoms with Gasteiger partial charge in [-0.3, -0.25) is 20.0 Å². The van der Waals surface area contributed by atoms with Crippen LogP contribution in [0.15, 0.2) is 41.6 Å². The summed E-state index contributed by atoms with van der Waals surface area (Å²) in [4.78, 5) is 29.3. The number of nitrogens with one attached hydrogen (secondary N) is 1. The van der Waals surface area contributed by atoms with Crippen LogP contribution < -0.4 is 19.6 Å². The molecule has 150 valence electrons. The van der Waals surface area contributed by atoms with Gasteiger partial charge in [0.2, 0.25) is 5.75 Å². The number of aromatic nitrogens is 1. The molecule has 2 heterocycles. The Hall–Kier alpha value is -3.11. The molecule has 0 bridgehead atoms. The van der Waals surface area contributed by atoms with Gasteiger partial charge in [-0.05, 0) is 48.1 Å². The normalized spacial score (nSPS) is 14.9. The number of carbonyl (C=O) groups is 2. The molecule has 1 saturated heterocycles. The Kier molecular flexibility index (Phi) is 6.35. The Balaban J connectivity index is 1.85. The van der Waals surface area contributed by atoms with Gasteiger partial charge in [0.05, 0.1) is 26.2 Å². The highest BCUT2D eigenvalue weighted by Crippen LogP contribution is 2.40. The lowest BCUT2D eigenvalue weighted by Gasteiger charge is -2.15. The fourth-order valence-corrected chi connectivity index (χ4v) is 3.75. The maximum Gasteiger partial charge on any atom is 0.285 e. The van der Waals surface area contributed by atoms with Crippen LogP contribution in [0.3, 0.4) is 0 Å². The summed E-state index contributed by atoms with van der Waals surface area (Å²) >= 11 is 6.33. The maximum absolute atomic E-state index is 12.8.